The third-order valence-electron chi connectivity index (χ3n) is 4.23. The molecule has 34 heavy (non-hydrogen) atoms. The summed E-state index contributed by atoms with van der Waals surface area (Å²) in [6.45, 7) is 0. The van der Waals surface area contributed by atoms with E-state index in [9.17, 15) is 41.1 Å². The Morgan fingerprint density at radius 3 is 2.65 bits per heavy atom. The van der Waals surface area contributed by atoms with E-state index >= 15 is 0 Å². The van der Waals surface area contributed by atoms with Gasteiger partial charge in [-0.15, -0.1) is 28.6 Å². The normalized spacial score (nSPS) is 20.7. The molecule has 0 aromatic carbocycles. The zero-order valence-electron chi connectivity index (χ0n) is 16.6. The van der Waals surface area contributed by atoms with Crippen LogP contribution >= 0.6 is 35.3 Å². The highest BCUT2D eigenvalue weighted by atomic mass is 32.2. The van der Waals surface area contributed by atoms with Gasteiger partial charge in [-0.05, 0) is 16.0 Å². The van der Waals surface area contributed by atoms with Crippen LogP contribution in [0.3, 0.4) is 0 Å². The smallest absolute Gasteiger partial charge is 0.397 e. The fourth-order valence-corrected chi connectivity index (χ4v) is 6.48. The number of fused-ring (bicyclic) bond motifs is 1. The van der Waals surface area contributed by atoms with Gasteiger partial charge in [-0.1, -0.05) is 11.8 Å². The monoisotopic (exact) mass is 564 g/mol. The number of tetrazole rings is 1. The zero-order chi connectivity index (χ0) is 25.3. The molecule has 2 atom stereocenters. The molecule has 1 fully saturated rings. The van der Waals surface area contributed by atoms with Crippen molar-refractivity contribution < 1.29 is 45.6 Å². The zero-order valence-corrected chi connectivity index (χ0v) is 19.9. The molecule has 3 rings (SSSR count). The number of hydrogen-bond acceptors (Lipinski definition) is 11. The minimum Gasteiger partial charge on any atom is -0.477 e. The summed E-state index contributed by atoms with van der Waals surface area (Å²) in [5, 5.41) is 21.6. The van der Waals surface area contributed by atoms with Crippen LogP contribution in [-0.4, -0.2) is 102 Å². The van der Waals surface area contributed by atoms with Gasteiger partial charge in [0.1, 0.15) is 17.1 Å². The average molecular weight is 565 g/mol. The van der Waals surface area contributed by atoms with Gasteiger partial charge >= 0.3 is 12.1 Å². The minimum atomic E-state index is -4.43. The molecule has 188 valence electrons. The highest BCUT2D eigenvalue weighted by Crippen LogP contribution is 2.41. The number of β-lactam (4-membered cyclic amide) rings is 1. The molecule has 0 radical (unpaired) electrons. The molecule has 20 heteroatoms. The van der Waals surface area contributed by atoms with Crippen molar-refractivity contribution in [1.82, 2.24) is 30.4 Å². The number of hydrogen-bond donors (Lipinski definition) is 3. The lowest BCUT2D eigenvalue weighted by atomic mass is 10.0. The molecular formula is C14H15F3N6O7S4. The third-order valence-corrected chi connectivity index (χ3v) is 8.18. The van der Waals surface area contributed by atoms with Gasteiger partial charge in [-0.3, -0.25) is 19.0 Å². The molecule has 1 aromatic rings. The van der Waals surface area contributed by atoms with Gasteiger partial charge in [0.15, 0.2) is 5.88 Å². The highest BCUT2D eigenvalue weighted by molar-refractivity contribution is 8.01. The van der Waals surface area contributed by atoms with Crippen molar-refractivity contribution in [3.63, 3.8) is 0 Å². The fourth-order valence-electron chi connectivity index (χ4n) is 2.96. The summed E-state index contributed by atoms with van der Waals surface area (Å²) < 4.78 is 68.4. The van der Waals surface area contributed by atoms with Crippen molar-refractivity contribution >= 4 is 63.2 Å². The number of aliphatic carboxylic acids is 1. The van der Waals surface area contributed by atoms with Gasteiger partial charge in [-0.25, -0.2) is 9.48 Å². The van der Waals surface area contributed by atoms with Crippen molar-refractivity contribution in [2.75, 3.05) is 23.0 Å². The number of carbonyl (C=O) groups excluding carboxylic acids is 2. The van der Waals surface area contributed by atoms with Crippen LogP contribution < -0.4 is 5.32 Å². The van der Waals surface area contributed by atoms with Gasteiger partial charge in [0.25, 0.3) is 16.0 Å². The molecule has 0 saturated carbocycles. The molecule has 2 aliphatic rings. The SMILES string of the molecule is O=C(CSCC(F)(F)F)NC1C(=O)N2C(C(=O)O)=C(CSc3nnnn3CS(=O)(=O)O)CS[C@H]12. The summed E-state index contributed by atoms with van der Waals surface area (Å²) in [5.74, 6) is -5.43. The van der Waals surface area contributed by atoms with Crippen LogP contribution in [-0.2, 0) is 30.4 Å². The first kappa shape index (κ1) is 26.6. The predicted octanol–water partition coefficient (Wildman–Crippen LogP) is -0.355. The maximum Gasteiger partial charge on any atom is 0.397 e. The summed E-state index contributed by atoms with van der Waals surface area (Å²) in [5.41, 5.74) is -0.00832. The Morgan fingerprint density at radius 2 is 2.03 bits per heavy atom. The molecule has 1 aromatic heterocycles. The number of thioether (sulfide) groups is 3. The van der Waals surface area contributed by atoms with Crippen LogP contribution in [0.5, 0.6) is 0 Å². The summed E-state index contributed by atoms with van der Waals surface area (Å²) in [6.07, 6.45) is -4.43. The van der Waals surface area contributed by atoms with Gasteiger partial charge in [0.05, 0.1) is 11.5 Å². The molecule has 3 heterocycles. The minimum absolute atomic E-state index is 0.0154. The molecule has 3 N–H and O–H groups in total. The summed E-state index contributed by atoms with van der Waals surface area (Å²) >= 11 is 2.38. The van der Waals surface area contributed by atoms with E-state index < -0.39 is 62.9 Å². The number of rotatable bonds is 10. The Labute approximate surface area is 202 Å². The predicted molar refractivity (Wildman–Crippen MR) is 113 cm³/mol. The van der Waals surface area contributed by atoms with Gasteiger partial charge in [-0.2, -0.15) is 21.6 Å². The highest BCUT2D eigenvalue weighted by Gasteiger charge is 2.54. The number of amides is 2. The lowest BCUT2D eigenvalue weighted by Gasteiger charge is -2.49. The van der Waals surface area contributed by atoms with Crippen molar-refractivity contribution in [3.8, 4) is 0 Å². The average Bonchev–Trinajstić information content (AvgIpc) is 3.13. The number of carboxylic acids is 1. The van der Waals surface area contributed by atoms with E-state index in [1.807, 2.05) is 0 Å². The number of aromatic nitrogens is 4. The largest absolute Gasteiger partial charge is 0.477 e. The van der Waals surface area contributed by atoms with Gasteiger partial charge in [0.2, 0.25) is 11.1 Å². The molecule has 2 amide bonds. The third kappa shape index (κ3) is 6.55. The Bertz CT molecular complexity index is 1130. The van der Waals surface area contributed by atoms with E-state index in [0.717, 1.165) is 33.1 Å². The maximum atomic E-state index is 12.5. The van der Waals surface area contributed by atoms with E-state index in [0.29, 0.717) is 17.3 Å². The van der Waals surface area contributed by atoms with Crippen LogP contribution in [0.25, 0.3) is 0 Å². The van der Waals surface area contributed by atoms with Gasteiger partial charge < -0.3 is 10.4 Å². The number of halogens is 3. The van der Waals surface area contributed by atoms with Crippen molar-refractivity contribution in [3.05, 3.63) is 11.3 Å². The van der Waals surface area contributed by atoms with E-state index in [1.165, 1.54) is 0 Å². The summed E-state index contributed by atoms with van der Waals surface area (Å²) in [7, 11) is -4.43. The van der Waals surface area contributed by atoms with Crippen molar-refractivity contribution in [1.29, 1.82) is 0 Å². The topological polar surface area (TPSA) is 185 Å². The molecule has 0 bridgehead atoms. The first-order valence-corrected chi connectivity index (χ1v) is 13.7. The van der Waals surface area contributed by atoms with Crippen LogP contribution in [0.1, 0.15) is 0 Å². The van der Waals surface area contributed by atoms with E-state index in [-0.39, 0.29) is 22.4 Å². The number of nitrogens with one attached hydrogen (secondary N) is 1. The number of alkyl halides is 3. The first-order valence-electron chi connectivity index (χ1n) is 8.95. The van der Waals surface area contributed by atoms with E-state index in [1.54, 1.807) is 0 Å². The second-order valence-corrected chi connectivity index (χ2v) is 11.2. The Hall–Kier alpha value is -2.03. The molecule has 0 spiro atoms. The molecule has 1 unspecified atom stereocenters. The second kappa shape index (κ2) is 10.3. The summed E-state index contributed by atoms with van der Waals surface area (Å²) in [6, 6.07) is -1.07. The Morgan fingerprint density at radius 1 is 1.32 bits per heavy atom. The molecular weight excluding hydrogens is 549 g/mol. The molecule has 13 nitrogen and oxygen atoms in total. The summed E-state index contributed by atoms with van der Waals surface area (Å²) in [4.78, 5) is 37.3. The van der Waals surface area contributed by atoms with E-state index in [4.69, 9.17) is 4.55 Å². The standard InChI is InChI=1S/C14H15F3N6O7S4/c15-14(16,17)4-31-3-7(24)18-8-10(25)23-9(12(26)27)6(1-32-11(8)23)2-33-13-19-20-21-22(13)5-34(28,29)30/h8,11H,1-5H2,(H,18,24)(H,26,27)(H,28,29,30)/t8?,11-/m1/s1. The van der Waals surface area contributed by atoms with E-state index in [2.05, 4.69) is 20.8 Å². The quantitative estimate of drug-likeness (QED) is 0.190. The lowest BCUT2D eigenvalue weighted by molar-refractivity contribution is -0.150. The van der Waals surface area contributed by atoms with Crippen LogP contribution in [0.15, 0.2) is 16.4 Å². The molecule has 2 aliphatic heterocycles. The van der Waals surface area contributed by atoms with Crippen molar-refractivity contribution in [2.24, 2.45) is 0 Å². The van der Waals surface area contributed by atoms with Crippen LogP contribution in [0.4, 0.5) is 13.2 Å². The number of carboxylic acid groups (broad SMARTS) is 1. The van der Waals surface area contributed by atoms with Crippen molar-refractivity contribution in [2.45, 2.75) is 28.6 Å². The van der Waals surface area contributed by atoms with Crippen LogP contribution in [0, 0.1) is 0 Å². The second-order valence-electron chi connectivity index (χ2n) is 6.78. The maximum absolute atomic E-state index is 12.5. The Balaban J connectivity index is 1.65. The lowest BCUT2D eigenvalue weighted by Crippen LogP contribution is -2.70. The Kier molecular flexibility index (Phi) is 8.05. The number of carbonyl (C=O) groups is 3. The van der Waals surface area contributed by atoms with Crippen LogP contribution in [0.2, 0.25) is 0 Å². The first-order chi connectivity index (χ1) is 15.8. The molecule has 0 aliphatic carbocycles. The fraction of sp³-hybridized carbons (Fsp3) is 0.571. The number of nitrogens with zero attached hydrogens (tertiary/aromatic N) is 5. The molecule has 1 saturated heterocycles. The van der Waals surface area contributed by atoms with Gasteiger partial charge in [0, 0.05) is 11.5 Å².